The van der Waals surface area contributed by atoms with E-state index in [2.05, 4.69) is 38.1 Å². The molecule has 21 heavy (non-hydrogen) atoms. The number of aromatic nitrogens is 1. The molecule has 1 aliphatic heterocycles. The molecule has 0 bridgehead atoms. The molecule has 0 amide bonds. The van der Waals surface area contributed by atoms with E-state index in [-0.39, 0.29) is 12.4 Å². The van der Waals surface area contributed by atoms with Gasteiger partial charge in [0.05, 0.1) is 5.69 Å². The van der Waals surface area contributed by atoms with Crippen LogP contribution in [0.2, 0.25) is 0 Å². The Bertz CT molecular complexity index is 573. The highest BCUT2D eigenvalue weighted by molar-refractivity contribution is 9.10. The lowest BCUT2D eigenvalue weighted by atomic mass is 10.2. The standard InChI is InChI=1S/C15H18BrN3O.ClH/c1-11-8-17-6-7-19(11)9-14-10-20-15(18-14)12-2-4-13(16)5-3-12;/h2-5,10-11,17H,6-9H2,1H3;1H/t11-;/m0./s1. The highest BCUT2D eigenvalue weighted by Crippen LogP contribution is 2.22. The monoisotopic (exact) mass is 371 g/mol. The van der Waals surface area contributed by atoms with Crippen LogP contribution in [0.3, 0.4) is 0 Å². The van der Waals surface area contributed by atoms with Crippen molar-refractivity contribution in [2.45, 2.75) is 19.5 Å². The number of nitrogens with zero attached hydrogens (tertiary/aromatic N) is 2. The third-order valence-electron chi connectivity index (χ3n) is 3.65. The van der Waals surface area contributed by atoms with E-state index in [0.717, 1.165) is 41.9 Å². The lowest BCUT2D eigenvalue weighted by Crippen LogP contribution is -2.49. The first-order chi connectivity index (χ1) is 9.72. The van der Waals surface area contributed by atoms with Gasteiger partial charge in [-0.15, -0.1) is 12.4 Å². The fraction of sp³-hybridized carbons (Fsp3) is 0.400. The molecule has 3 rings (SSSR count). The Kier molecular flexibility index (Phi) is 5.81. The maximum absolute atomic E-state index is 5.60. The molecular weight excluding hydrogens is 354 g/mol. The molecule has 1 saturated heterocycles. The number of hydrogen-bond donors (Lipinski definition) is 1. The number of rotatable bonds is 3. The zero-order valence-electron chi connectivity index (χ0n) is 11.9. The molecule has 1 aliphatic rings. The second-order valence-electron chi connectivity index (χ2n) is 5.17. The maximum Gasteiger partial charge on any atom is 0.226 e. The van der Waals surface area contributed by atoms with Crippen molar-refractivity contribution >= 4 is 28.3 Å². The van der Waals surface area contributed by atoms with E-state index in [1.54, 1.807) is 6.26 Å². The SMILES string of the molecule is C[C@H]1CNCCN1Cc1coc(-c2ccc(Br)cc2)n1.Cl. The topological polar surface area (TPSA) is 41.3 Å². The minimum absolute atomic E-state index is 0. The average molecular weight is 373 g/mol. The van der Waals surface area contributed by atoms with Crippen molar-refractivity contribution in [1.29, 1.82) is 0 Å². The van der Waals surface area contributed by atoms with Gasteiger partial charge < -0.3 is 9.73 Å². The smallest absolute Gasteiger partial charge is 0.226 e. The van der Waals surface area contributed by atoms with Crippen molar-refractivity contribution < 1.29 is 4.42 Å². The lowest BCUT2D eigenvalue weighted by molar-refractivity contribution is 0.163. The first kappa shape index (κ1) is 16.5. The Morgan fingerprint density at radius 2 is 2.14 bits per heavy atom. The summed E-state index contributed by atoms with van der Waals surface area (Å²) in [5, 5.41) is 3.40. The molecule has 1 aromatic heterocycles. The quantitative estimate of drug-likeness (QED) is 0.897. The number of hydrogen-bond acceptors (Lipinski definition) is 4. The molecule has 1 fully saturated rings. The van der Waals surface area contributed by atoms with Crippen LogP contribution in [0.15, 0.2) is 39.4 Å². The van der Waals surface area contributed by atoms with Crippen LogP contribution in [-0.2, 0) is 6.54 Å². The summed E-state index contributed by atoms with van der Waals surface area (Å²) in [6, 6.07) is 8.55. The summed E-state index contributed by atoms with van der Waals surface area (Å²) in [5.74, 6) is 0.690. The normalized spacial score (nSPS) is 19.2. The molecule has 1 atom stereocenters. The van der Waals surface area contributed by atoms with E-state index in [4.69, 9.17) is 4.42 Å². The van der Waals surface area contributed by atoms with Crippen molar-refractivity contribution in [3.63, 3.8) is 0 Å². The molecule has 0 saturated carbocycles. The Labute approximate surface area is 139 Å². The summed E-state index contributed by atoms with van der Waals surface area (Å²) >= 11 is 3.43. The van der Waals surface area contributed by atoms with Gasteiger partial charge in [0.25, 0.3) is 0 Å². The molecule has 0 spiro atoms. The van der Waals surface area contributed by atoms with Gasteiger partial charge in [-0.1, -0.05) is 15.9 Å². The van der Waals surface area contributed by atoms with Crippen LogP contribution in [-0.4, -0.2) is 35.6 Å². The predicted octanol–water partition coefficient (Wildman–Crippen LogP) is 3.32. The van der Waals surface area contributed by atoms with Crippen molar-refractivity contribution in [2.24, 2.45) is 0 Å². The molecule has 1 N–H and O–H groups in total. The van der Waals surface area contributed by atoms with Crippen molar-refractivity contribution in [2.75, 3.05) is 19.6 Å². The summed E-state index contributed by atoms with van der Waals surface area (Å²) in [4.78, 5) is 7.02. The Balaban J connectivity index is 0.00000161. The van der Waals surface area contributed by atoms with Crippen molar-refractivity contribution in [1.82, 2.24) is 15.2 Å². The van der Waals surface area contributed by atoms with Crippen molar-refractivity contribution in [3.8, 4) is 11.5 Å². The van der Waals surface area contributed by atoms with Crippen LogP contribution < -0.4 is 5.32 Å². The van der Waals surface area contributed by atoms with Crippen molar-refractivity contribution in [3.05, 3.63) is 40.7 Å². The molecule has 0 aliphatic carbocycles. The van der Waals surface area contributed by atoms with Gasteiger partial charge in [0, 0.05) is 42.3 Å². The predicted molar refractivity (Wildman–Crippen MR) is 89.6 cm³/mol. The first-order valence-corrected chi connectivity index (χ1v) is 7.67. The number of halogens is 2. The van der Waals surface area contributed by atoms with E-state index < -0.39 is 0 Å². The van der Waals surface area contributed by atoms with E-state index in [1.807, 2.05) is 24.3 Å². The van der Waals surface area contributed by atoms with E-state index in [1.165, 1.54) is 0 Å². The minimum Gasteiger partial charge on any atom is -0.444 e. The van der Waals surface area contributed by atoms with Gasteiger partial charge in [-0.05, 0) is 31.2 Å². The molecule has 4 nitrogen and oxygen atoms in total. The van der Waals surface area contributed by atoms with Crippen LogP contribution in [0.1, 0.15) is 12.6 Å². The van der Waals surface area contributed by atoms with Gasteiger partial charge in [-0.2, -0.15) is 0 Å². The molecule has 1 aromatic carbocycles. The Morgan fingerprint density at radius 1 is 1.38 bits per heavy atom. The van der Waals surface area contributed by atoms with Crippen LogP contribution in [0.25, 0.3) is 11.5 Å². The Hall–Kier alpha value is -0.880. The summed E-state index contributed by atoms with van der Waals surface area (Å²) in [5.41, 5.74) is 2.00. The molecular formula is C15H19BrClN3O. The molecule has 114 valence electrons. The van der Waals surface area contributed by atoms with Gasteiger partial charge in [0.1, 0.15) is 6.26 Å². The second-order valence-corrected chi connectivity index (χ2v) is 6.09. The Morgan fingerprint density at radius 3 is 2.86 bits per heavy atom. The lowest BCUT2D eigenvalue weighted by Gasteiger charge is -2.33. The molecule has 2 aromatic rings. The fourth-order valence-corrected chi connectivity index (χ4v) is 2.70. The third kappa shape index (κ3) is 4.07. The summed E-state index contributed by atoms with van der Waals surface area (Å²) < 4.78 is 6.66. The number of nitrogens with one attached hydrogen (secondary N) is 1. The van der Waals surface area contributed by atoms with Gasteiger partial charge in [0.15, 0.2) is 0 Å². The average Bonchev–Trinajstić information content (AvgIpc) is 2.91. The van der Waals surface area contributed by atoms with Crippen LogP contribution in [0.4, 0.5) is 0 Å². The first-order valence-electron chi connectivity index (χ1n) is 6.87. The molecule has 6 heteroatoms. The van der Waals surface area contributed by atoms with E-state index >= 15 is 0 Å². The highest BCUT2D eigenvalue weighted by atomic mass is 79.9. The summed E-state index contributed by atoms with van der Waals surface area (Å²) in [6.07, 6.45) is 1.77. The van der Waals surface area contributed by atoms with Gasteiger partial charge in [-0.25, -0.2) is 4.98 Å². The maximum atomic E-state index is 5.60. The molecule has 0 radical (unpaired) electrons. The summed E-state index contributed by atoms with van der Waals surface area (Å²) in [7, 11) is 0. The number of benzene rings is 1. The van der Waals surface area contributed by atoms with Crippen LogP contribution >= 0.6 is 28.3 Å². The van der Waals surface area contributed by atoms with Gasteiger partial charge >= 0.3 is 0 Å². The zero-order valence-corrected chi connectivity index (χ0v) is 14.3. The van der Waals surface area contributed by atoms with Gasteiger partial charge in [-0.3, -0.25) is 4.90 Å². The fourth-order valence-electron chi connectivity index (χ4n) is 2.43. The third-order valence-corrected chi connectivity index (χ3v) is 4.18. The minimum atomic E-state index is 0. The van der Waals surface area contributed by atoms with E-state index in [9.17, 15) is 0 Å². The highest BCUT2D eigenvalue weighted by Gasteiger charge is 2.19. The number of oxazole rings is 1. The molecule has 0 unspecified atom stereocenters. The van der Waals surface area contributed by atoms with Crippen LogP contribution in [0.5, 0.6) is 0 Å². The zero-order chi connectivity index (χ0) is 13.9. The van der Waals surface area contributed by atoms with Gasteiger partial charge in [0.2, 0.25) is 5.89 Å². The summed E-state index contributed by atoms with van der Waals surface area (Å²) in [6.45, 7) is 6.23. The second kappa shape index (κ2) is 7.40. The largest absolute Gasteiger partial charge is 0.444 e. The van der Waals surface area contributed by atoms with Crippen LogP contribution in [0, 0.1) is 0 Å². The van der Waals surface area contributed by atoms with E-state index in [0.29, 0.717) is 11.9 Å². The molecule has 2 heterocycles. The number of piperazine rings is 1.